The minimum atomic E-state index is -0.901. The fourth-order valence-electron chi connectivity index (χ4n) is 2.31. The van der Waals surface area contributed by atoms with Crippen LogP contribution in [0.15, 0.2) is 30.3 Å². The van der Waals surface area contributed by atoms with Crippen molar-refractivity contribution in [2.24, 2.45) is 5.84 Å². The molecule has 5 heteroatoms. The number of aryl methyl sites for hydroxylation is 2. The topological polar surface area (TPSA) is 47.3 Å². The molecule has 2 aromatic carbocycles. The van der Waals surface area contributed by atoms with Crippen LogP contribution < -0.4 is 16.0 Å². The number of hydrazine groups is 1. The van der Waals surface area contributed by atoms with E-state index in [2.05, 4.69) is 5.43 Å². The van der Waals surface area contributed by atoms with Gasteiger partial charge in [-0.1, -0.05) is 29.8 Å². The van der Waals surface area contributed by atoms with E-state index >= 15 is 0 Å². The van der Waals surface area contributed by atoms with Gasteiger partial charge in [-0.25, -0.2) is 14.2 Å². The first-order valence-corrected chi connectivity index (χ1v) is 6.54. The number of hydrogen-bond acceptors (Lipinski definition) is 3. The van der Waals surface area contributed by atoms with Gasteiger partial charge in [-0.15, -0.1) is 0 Å². The monoisotopic (exact) mass is 292 g/mol. The van der Waals surface area contributed by atoms with Crippen LogP contribution in [0.4, 0.5) is 8.78 Å². The third kappa shape index (κ3) is 2.89. The summed E-state index contributed by atoms with van der Waals surface area (Å²) >= 11 is 0. The molecule has 3 N–H and O–H groups in total. The number of hydrogen-bond donors (Lipinski definition) is 2. The summed E-state index contributed by atoms with van der Waals surface area (Å²) < 4.78 is 33.3. The molecule has 2 rings (SSSR count). The fraction of sp³-hybridized carbons (Fsp3) is 0.250. The molecular formula is C16H18F2N2O. The molecule has 0 fully saturated rings. The number of halogens is 2. The number of nitrogens with two attached hydrogens (primary N) is 1. The molecule has 1 unspecified atom stereocenters. The number of methoxy groups -OCH3 is 1. The fourth-order valence-corrected chi connectivity index (χ4v) is 2.31. The van der Waals surface area contributed by atoms with Crippen molar-refractivity contribution in [1.82, 2.24) is 5.43 Å². The Labute approximate surface area is 122 Å². The summed E-state index contributed by atoms with van der Waals surface area (Å²) in [5.41, 5.74) is 4.56. The summed E-state index contributed by atoms with van der Waals surface area (Å²) in [6, 6.07) is 7.84. The number of ether oxygens (including phenoxy) is 1. The average molecular weight is 292 g/mol. The van der Waals surface area contributed by atoms with Gasteiger partial charge in [0, 0.05) is 11.1 Å². The molecule has 0 aliphatic carbocycles. The molecule has 0 aromatic heterocycles. The lowest BCUT2D eigenvalue weighted by Crippen LogP contribution is -2.30. The van der Waals surface area contributed by atoms with Gasteiger partial charge in [0.2, 0.25) is 0 Å². The van der Waals surface area contributed by atoms with Gasteiger partial charge in [-0.3, -0.25) is 5.84 Å². The highest BCUT2D eigenvalue weighted by Crippen LogP contribution is 2.32. The quantitative estimate of drug-likeness (QED) is 0.672. The summed E-state index contributed by atoms with van der Waals surface area (Å²) in [4.78, 5) is 0. The summed E-state index contributed by atoms with van der Waals surface area (Å²) in [5.74, 6) is 4.37. The molecule has 0 heterocycles. The van der Waals surface area contributed by atoms with Crippen LogP contribution >= 0.6 is 0 Å². The van der Waals surface area contributed by atoms with Crippen molar-refractivity contribution >= 4 is 0 Å². The zero-order valence-electron chi connectivity index (χ0n) is 12.2. The van der Waals surface area contributed by atoms with Gasteiger partial charge >= 0.3 is 0 Å². The number of nitrogens with one attached hydrogen (secondary N) is 1. The summed E-state index contributed by atoms with van der Waals surface area (Å²) in [6.45, 7) is 3.42. The van der Waals surface area contributed by atoms with Crippen LogP contribution in [0.2, 0.25) is 0 Å². The molecule has 21 heavy (non-hydrogen) atoms. The normalized spacial score (nSPS) is 12.3. The van der Waals surface area contributed by atoms with E-state index in [1.165, 1.54) is 26.2 Å². The Bertz CT molecular complexity index is 659. The van der Waals surface area contributed by atoms with Crippen molar-refractivity contribution in [3.8, 4) is 5.75 Å². The van der Waals surface area contributed by atoms with Crippen LogP contribution in [0.5, 0.6) is 5.75 Å². The van der Waals surface area contributed by atoms with Crippen LogP contribution in [0.1, 0.15) is 28.3 Å². The van der Waals surface area contributed by atoms with Crippen LogP contribution in [-0.2, 0) is 0 Å². The van der Waals surface area contributed by atoms with E-state index in [-0.39, 0.29) is 11.1 Å². The maximum Gasteiger partial charge on any atom is 0.164 e. The van der Waals surface area contributed by atoms with Crippen molar-refractivity contribution < 1.29 is 13.5 Å². The molecule has 0 aliphatic rings. The van der Waals surface area contributed by atoms with E-state index in [0.29, 0.717) is 11.3 Å². The first kappa shape index (κ1) is 15.4. The zero-order chi connectivity index (χ0) is 15.6. The molecule has 0 bridgehead atoms. The molecule has 0 aliphatic heterocycles. The third-order valence-electron chi connectivity index (χ3n) is 3.48. The SMILES string of the molecule is COc1ccc(C)cc1C(NN)c1ccc(C)c(F)c1F. The molecule has 0 amide bonds. The molecule has 112 valence electrons. The van der Waals surface area contributed by atoms with E-state index in [0.717, 1.165) is 5.56 Å². The largest absolute Gasteiger partial charge is 0.496 e. The lowest BCUT2D eigenvalue weighted by molar-refractivity contribution is 0.402. The summed E-state index contributed by atoms with van der Waals surface area (Å²) in [7, 11) is 1.52. The lowest BCUT2D eigenvalue weighted by Gasteiger charge is -2.21. The van der Waals surface area contributed by atoms with Gasteiger partial charge in [0.05, 0.1) is 13.2 Å². The Morgan fingerprint density at radius 3 is 2.38 bits per heavy atom. The van der Waals surface area contributed by atoms with Crippen molar-refractivity contribution in [1.29, 1.82) is 0 Å². The van der Waals surface area contributed by atoms with Gasteiger partial charge in [-0.2, -0.15) is 0 Å². The Balaban J connectivity index is 2.60. The second-order valence-corrected chi connectivity index (χ2v) is 4.94. The highest BCUT2D eigenvalue weighted by molar-refractivity contribution is 5.44. The van der Waals surface area contributed by atoms with Crippen molar-refractivity contribution in [3.05, 3.63) is 64.2 Å². The maximum absolute atomic E-state index is 14.2. The molecular weight excluding hydrogens is 274 g/mol. The van der Waals surface area contributed by atoms with E-state index < -0.39 is 17.7 Å². The molecule has 0 radical (unpaired) electrons. The number of rotatable bonds is 4. The molecule has 0 saturated carbocycles. The van der Waals surface area contributed by atoms with Crippen LogP contribution in [0.25, 0.3) is 0 Å². The Morgan fingerprint density at radius 2 is 1.76 bits per heavy atom. The Kier molecular flexibility index (Phi) is 4.55. The maximum atomic E-state index is 14.2. The predicted molar refractivity (Wildman–Crippen MR) is 78.0 cm³/mol. The van der Waals surface area contributed by atoms with E-state index in [1.807, 2.05) is 19.1 Å². The molecule has 3 nitrogen and oxygen atoms in total. The molecule has 1 atom stereocenters. The highest BCUT2D eigenvalue weighted by atomic mass is 19.2. The minimum absolute atomic E-state index is 0.143. The van der Waals surface area contributed by atoms with Gasteiger partial charge in [0.15, 0.2) is 11.6 Å². The van der Waals surface area contributed by atoms with Crippen molar-refractivity contribution in [3.63, 3.8) is 0 Å². The van der Waals surface area contributed by atoms with Gasteiger partial charge in [0.25, 0.3) is 0 Å². The summed E-state index contributed by atoms with van der Waals surface area (Å²) in [5, 5.41) is 0. The smallest absolute Gasteiger partial charge is 0.164 e. The Morgan fingerprint density at radius 1 is 1.05 bits per heavy atom. The molecule has 0 saturated heterocycles. The molecule has 0 spiro atoms. The second-order valence-electron chi connectivity index (χ2n) is 4.94. The van der Waals surface area contributed by atoms with Gasteiger partial charge in [0.1, 0.15) is 5.75 Å². The number of benzene rings is 2. The highest BCUT2D eigenvalue weighted by Gasteiger charge is 2.23. The first-order valence-electron chi connectivity index (χ1n) is 6.54. The van der Waals surface area contributed by atoms with Gasteiger partial charge < -0.3 is 4.74 Å². The first-order chi connectivity index (χ1) is 9.99. The Hall–Kier alpha value is -1.98. The van der Waals surface area contributed by atoms with E-state index in [4.69, 9.17) is 10.6 Å². The average Bonchev–Trinajstić information content (AvgIpc) is 2.48. The standard InChI is InChI=1S/C16H18F2N2O/c1-9-4-7-13(21-3)12(8-9)16(20-19)11-6-5-10(2)14(17)15(11)18/h4-8,16,20H,19H2,1-3H3. The van der Waals surface area contributed by atoms with E-state index in [1.54, 1.807) is 6.07 Å². The lowest BCUT2D eigenvalue weighted by atomic mass is 9.95. The molecule has 2 aromatic rings. The van der Waals surface area contributed by atoms with Gasteiger partial charge in [-0.05, 0) is 25.5 Å². The van der Waals surface area contributed by atoms with Crippen LogP contribution in [0.3, 0.4) is 0 Å². The third-order valence-corrected chi connectivity index (χ3v) is 3.48. The van der Waals surface area contributed by atoms with Crippen molar-refractivity contribution in [2.75, 3.05) is 7.11 Å². The summed E-state index contributed by atoms with van der Waals surface area (Å²) in [6.07, 6.45) is 0. The minimum Gasteiger partial charge on any atom is -0.496 e. The van der Waals surface area contributed by atoms with Crippen LogP contribution in [-0.4, -0.2) is 7.11 Å². The second kappa shape index (κ2) is 6.20. The zero-order valence-corrected chi connectivity index (χ0v) is 12.2. The predicted octanol–water partition coefficient (Wildman–Crippen LogP) is 3.14. The van der Waals surface area contributed by atoms with Crippen molar-refractivity contribution in [2.45, 2.75) is 19.9 Å². The van der Waals surface area contributed by atoms with E-state index in [9.17, 15) is 8.78 Å². The van der Waals surface area contributed by atoms with Crippen LogP contribution in [0, 0.1) is 25.5 Å².